The molecule has 0 unspecified atom stereocenters. The molecule has 31 heavy (non-hydrogen) atoms. The second-order valence-corrected chi connectivity index (χ2v) is 8.23. The Morgan fingerprint density at radius 2 is 1.45 bits per heavy atom. The Bertz CT molecular complexity index is 1340. The molecule has 0 aliphatic heterocycles. The number of nitrogens with one attached hydrogen (secondary N) is 1. The van der Waals surface area contributed by atoms with Gasteiger partial charge in [-0.1, -0.05) is 49.4 Å². The maximum Gasteiger partial charge on any atom is 1.00 e. The van der Waals surface area contributed by atoms with E-state index in [0.717, 1.165) is 11.6 Å². The van der Waals surface area contributed by atoms with Crippen LogP contribution in [0.3, 0.4) is 0 Å². The van der Waals surface area contributed by atoms with Crippen LogP contribution in [0, 0.1) is 0 Å². The monoisotopic (exact) mass is 444 g/mol. The first-order valence-corrected chi connectivity index (χ1v) is 10.6. The van der Waals surface area contributed by atoms with Crippen molar-refractivity contribution in [1.29, 1.82) is 0 Å². The van der Waals surface area contributed by atoms with Gasteiger partial charge in [0.05, 0.1) is 27.4 Å². The summed E-state index contributed by atoms with van der Waals surface area (Å²) in [6, 6.07) is 14.5. The molecule has 1 aliphatic carbocycles. The molecule has 3 aromatic carbocycles. The molecule has 0 aromatic heterocycles. The first kappa shape index (κ1) is 23.2. The van der Waals surface area contributed by atoms with Crippen molar-refractivity contribution in [2.24, 2.45) is 0 Å². The third-order valence-corrected chi connectivity index (χ3v) is 6.01. The van der Waals surface area contributed by atoms with Crippen LogP contribution >= 0.6 is 0 Å². The smallest absolute Gasteiger partial charge is 0.744 e. The normalized spacial score (nSPS) is 12.6. The van der Waals surface area contributed by atoms with Gasteiger partial charge in [-0.15, -0.1) is 0 Å². The van der Waals surface area contributed by atoms with E-state index in [1.807, 2.05) is 19.1 Å². The summed E-state index contributed by atoms with van der Waals surface area (Å²) >= 11 is 0. The van der Waals surface area contributed by atoms with Gasteiger partial charge in [-0.3, -0.25) is 9.59 Å². The average molecular weight is 444 g/mol. The van der Waals surface area contributed by atoms with E-state index in [4.69, 9.17) is 5.73 Å². The standard InChI is InChI=1S/C22H18N2O5S.Na/c1-2-12-7-3-6-10-15(12)24-16-11-17(30(27,28)29)20(23)19-18(16)21(25)13-8-4-5-9-14(13)22(19)26;/h3-11,24H,2,23H2,1H3,(H,27,28,29);/q;+1/p-1. The largest absolute Gasteiger partial charge is 1.00 e. The zero-order valence-electron chi connectivity index (χ0n) is 16.9. The van der Waals surface area contributed by atoms with Crippen molar-refractivity contribution >= 4 is 38.7 Å². The van der Waals surface area contributed by atoms with E-state index in [9.17, 15) is 22.6 Å². The summed E-state index contributed by atoms with van der Waals surface area (Å²) in [5.41, 5.74) is 6.99. The fraction of sp³-hybridized carbons (Fsp3) is 0.0909. The van der Waals surface area contributed by atoms with Crippen molar-refractivity contribution in [3.8, 4) is 0 Å². The molecule has 152 valence electrons. The molecule has 1 aliphatic rings. The first-order valence-electron chi connectivity index (χ1n) is 9.19. The molecule has 0 saturated heterocycles. The average Bonchev–Trinajstić information content (AvgIpc) is 2.72. The van der Waals surface area contributed by atoms with Crippen LogP contribution in [0.2, 0.25) is 0 Å². The van der Waals surface area contributed by atoms with Crippen molar-refractivity contribution in [2.45, 2.75) is 18.2 Å². The quantitative estimate of drug-likeness (QED) is 0.262. The number of fused-ring (bicyclic) bond motifs is 2. The van der Waals surface area contributed by atoms with Crippen LogP contribution in [-0.2, 0) is 16.5 Å². The Morgan fingerprint density at radius 3 is 2.03 bits per heavy atom. The summed E-state index contributed by atoms with van der Waals surface area (Å²) < 4.78 is 35.5. The Kier molecular flexibility index (Phi) is 6.40. The van der Waals surface area contributed by atoms with E-state index in [1.165, 1.54) is 12.1 Å². The number of carbonyl (C=O) groups excluding carboxylic acids is 2. The molecule has 0 atom stereocenters. The van der Waals surface area contributed by atoms with E-state index in [-0.39, 0.29) is 57.5 Å². The number of nitrogen functional groups attached to an aromatic ring is 1. The number of aryl methyl sites for hydroxylation is 1. The molecule has 0 fully saturated rings. The molecule has 0 amide bonds. The summed E-state index contributed by atoms with van der Waals surface area (Å²) in [6.07, 6.45) is 0.669. The van der Waals surface area contributed by atoms with Gasteiger partial charge in [0.25, 0.3) is 0 Å². The van der Waals surface area contributed by atoms with Gasteiger partial charge in [0.1, 0.15) is 10.1 Å². The van der Waals surface area contributed by atoms with Crippen molar-refractivity contribution in [3.05, 3.63) is 82.4 Å². The fourth-order valence-corrected chi connectivity index (χ4v) is 4.33. The molecular weight excluding hydrogens is 427 g/mol. The summed E-state index contributed by atoms with van der Waals surface area (Å²) in [6.45, 7) is 1.94. The number of hydrogen-bond acceptors (Lipinski definition) is 7. The zero-order chi connectivity index (χ0) is 21.6. The second kappa shape index (κ2) is 8.57. The Hall–Kier alpha value is -2.49. The van der Waals surface area contributed by atoms with Gasteiger partial charge in [-0.05, 0) is 24.1 Å². The molecular formula is C22H17N2NaO5S. The maximum atomic E-state index is 13.3. The maximum absolute atomic E-state index is 13.3. The Labute approximate surface area is 201 Å². The van der Waals surface area contributed by atoms with E-state index >= 15 is 0 Å². The number of carbonyl (C=O) groups is 2. The van der Waals surface area contributed by atoms with Crippen LogP contribution in [-0.4, -0.2) is 24.5 Å². The molecule has 0 saturated carbocycles. The Morgan fingerprint density at radius 1 is 0.903 bits per heavy atom. The van der Waals surface area contributed by atoms with Gasteiger partial charge in [0.2, 0.25) is 0 Å². The Balaban J connectivity index is 0.00000272. The van der Waals surface area contributed by atoms with Crippen LogP contribution < -0.4 is 40.6 Å². The van der Waals surface area contributed by atoms with Crippen molar-refractivity contribution in [1.82, 2.24) is 0 Å². The molecule has 0 radical (unpaired) electrons. The third kappa shape index (κ3) is 3.93. The zero-order valence-corrected chi connectivity index (χ0v) is 19.7. The summed E-state index contributed by atoms with van der Waals surface area (Å²) in [4.78, 5) is 25.6. The van der Waals surface area contributed by atoms with Crippen LogP contribution in [0.1, 0.15) is 44.3 Å². The van der Waals surface area contributed by atoms with Crippen LogP contribution in [0.4, 0.5) is 17.1 Å². The van der Waals surface area contributed by atoms with Crippen LogP contribution in [0.15, 0.2) is 59.5 Å². The predicted octanol–water partition coefficient (Wildman–Crippen LogP) is 0.258. The fourth-order valence-electron chi connectivity index (χ4n) is 3.69. The van der Waals surface area contributed by atoms with Gasteiger partial charge in [0.15, 0.2) is 11.6 Å². The van der Waals surface area contributed by atoms with Gasteiger partial charge >= 0.3 is 29.6 Å². The van der Waals surface area contributed by atoms with E-state index < -0.39 is 32.3 Å². The van der Waals surface area contributed by atoms with Gasteiger partial charge in [0, 0.05) is 16.8 Å². The SMILES string of the molecule is CCc1ccccc1Nc1cc(S(=O)(=O)[O-])c(N)c2c1C(=O)c1ccccc1C2=O.[Na+]. The molecule has 4 rings (SSSR count). The summed E-state index contributed by atoms with van der Waals surface area (Å²) in [5, 5.41) is 3.04. The molecule has 0 heterocycles. The molecule has 3 aromatic rings. The van der Waals surface area contributed by atoms with Crippen molar-refractivity contribution in [2.75, 3.05) is 11.1 Å². The minimum absolute atomic E-state index is 0. The minimum Gasteiger partial charge on any atom is -0.744 e. The number of anilines is 3. The van der Waals surface area contributed by atoms with E-state index in [0.29, 0.717) is 12.1 Å². The summed E-state index contributed by atoms with van der Waals surface area (Å²) in [7, 11) is -4.99. The minimum atomic E-state index is -4.99. The summed E-state index contributed by atoms with van der Waals surface area (Å²) in [5.74, 6) is -1.08. The molecule has 9 heteroatoms. The number of nitrogens with two attached hydrogens (primary N) is 1. The van der Waals surface area contributed by atoms with Crippen LogP contribution in [0.25, 0.3) is 0 Å². The van der Waals surface area contributed by atoms with Gasteiger partial charge in [-0.2, -0.15) is 0 Å². The number of benzene rings is 3. The third-order valence-electron chi connectivity index (χ3n) is 5.14. The molecule has 0 bridgehead atoms. The first-order chi connectivity index (χ1) is 14.2. The predicted molar refractivity (Wildman–Crippen MR) is 111 cm³/mol. The van der Waals surface area contributed by atoms with Crippen LogP contribution in [0.5, 0.6) is 0 Å². The van der Waals surface area contributed by atoms with Gasteiger partial charge < -0.3 is 15.6 Å². The molecule has 0 spiro atoms. The van der Waals surface area contributed by atoms with Crippen molar-refractivity contribution < 1.29 is 52.1 Å². The van der Waals surface area contributed by atoms with E-state index in [1.54, 1.807) is 24.3 Å². The van der Waals surface area contributed by atoms with Gasteiger partial charge in [-0.25, -0.2) is 8.42 Å². The molecule has 3 N–H and O–H groups in total. The topological polar surface area (TPSA) is 129 Å². The van der Waals surface area contributed by atoms with Crippen molar-refractivity contribution in [3.63, 3.8) is 0 Å². The number of ketones is 2. The molecule has 7 nitrogen and oxygen atoms in total. The second-order valence-electron chi connectivity index (χ2n) is 6.88. The number of para-hydroxylation sites is 1. The number of hydrogen-bond donors (Lipinski definition) is 2. The van der Waals surface area contributed by atoms with E-state index in [2.05, 4.69) is 5.32 Å². The number of rotatable bonds is 4.